The number of hydrogen-bond acceptors (Lipinski definition) is 7. The first-order valence-corrected chi connectivity index (χ1v) is 23.9. The number of benzene rings is 2. The number of nitrogens with zero attached hydrogens (tertiary/aromatic N) is 2. The summed E-state index contributed by atoms with van der Waals surface area (Å²) in [6.45, 7) is 13.0. The molecule has 320 valence electrons. The lowest BCUT2D eigenvalue weighted by Gasteiger charge is -2.36. The highest BCUT2D eigenvalue weighted by molar-refractivity contribution is 6.74. The van der Waals surface area contributed by atoms with Crippen molar-refractivity contribution in [3.8, 4) is 11.5 Å². The standard InChI is InChI=1S/C24H35N3O2Si.C18H21N3O2.C4H8O.ClH/c1-24(2,3)30(4,5)29-21-15-16-22(25-17-21)27-23(28)26-20-13-11-19(12-14-20)18-9-7-6-8-10-18;22-16-10-11-17(19-12-16)21-18(23)20-15-8-6-14(7-9-15)13-4-2-1-3-5-13;1-2-4-5-3-1;/h6-10,15-17,19-20H,11-14H2,1-5H3,(H2,25,26,27,28);1-5,10-12,14-15,22H,6-9H2,(H2,19,20,21,23);1-4H2;1H. The molecule has 4 aromatic rings. The summed E-state index contributed by atoms with van der Waals surface area (Å²) in [4.78, 5) is 32.7. The van der Waals surface area contributed by atoms with E-state index < -0.39 is 8.32 Å². The molecule has 59 heavy (non-hydrogen) atoms. The topological polar surface area (TPSA) is 147 Å². The fourth-order valence-electron chi connectivity index (χ4n) is 7.20. The Bertz CT molecular complexity index is 1800. The average molecular weight is 846 g/mol. The molecule has 3 fully saturated rings. The molecule has 2 aromatic carbocycles. The van der Waals surface area contributed by atoms with Crippen molar-refractivity contribution in [2.24, 2.45) is 0 Å². The third-order valence-electron chi connectivity index (χ3n) is 11.6. The maximum absolute atomic E-state index is 12.4. The van der Waals surface area contributed by atoms with Gasteiger partial charge < -0.3 is 24.9 Å². The summed E-state index contributed by atoms with van der Waals surface area (Å²) in [5.41, 5.74) is 2.80. The summed E-state index contributed by atoms with van der Waals surface area (Å²) in [7, 11) is -1.89. The maximum atomic E-state index is 12.4. The van der Waals surface area contributed by atoms with E-state index in [9.17, 15) is 14.7 Å². The third kappa shape index (κ3) is 15.8. The molecule has 3 heterocycles. The predicted octanol–water partition coefficient (Wildman–Crippen LogP) is 11.2. The number of aromatic hydroxyl groups is 1. The van der Waals surface area contributed by atoms with Crippen LogP contribution in [0.25, 0.3) is 0 Å². The highest BCUT2D eigenvalue weighted by atomic mass is 35.5. The maximum Gasteiger partial charge on any atom is 0.320 e. The second kappa shape index (κ2) is 23.2. The molecule has 2 aromatic heterocycles. The Balaban J connectivity index is 0.000000234. The van der Waals surface area contributed by atoms with Crippen LogP contribution in [0.15, 0.2) is 97.3 Å². The Hall–Kier alpha value is -4.65. The van der Waals surface area contributed by atoms with Gasteiger partial charge >= 0.3 is 12.1 Å². The molecule has 0 bridgehead atoms. The molecule has 7 rings (SSSR count). The molecule has 3 aliphatic rings. The molecule has 5 N–H and O–H groups in total. The Morgan fingerprint density at radius 2 is 1.10 bits per heavy atom. The smallest absolute Gasteiger partial charge is 0.320 e. The minimum Gasteiger partial charge on any atom is -0.542 e. The van der Waals surface area contributed by atoms with Crippen molar-refractivity contribution in [3.63, 3.8) is 0 Å². The van der Waals surface area contributed by atoms with E-state index in [1.54, 1.807) is 18.3 Å². The van der Waals surface area contributed by atoms with E-state index in [0.29, 0.717) is 23.5 Å². The predicted molar refractivity (Wildman–Crippen MR) is 242 cm³/mol. The fourth-order valence-corrected chi connectivity index (χ4v) is 8.22. The molecule has 2 aliphatic carbocycles. The molecule has 13 heteroatoms. The number of anilines is 2. The van der Waals surface area contributed by atoms with E-state index in [1.165, 1.54) is 36.2 Å². The molecule has 11 nitrogen and oxygen atoms in total. The SMILES string of the molecule is C1CCOC1.CC(C)(C)[Si](C)(C)Oc1ccc(NC(=O)NC2CCC(c3ccccc3)CC2)nc1.Cl.O=C(Nc1ccc(O)cn1)NC1CCC(c2ccccc2)CC1. The summed E-state index contributed by atoms with van der Waals surface area (Å²) in [6.07, 6.45) is 13.9. The van der Waals surface area contributed by atoms with Crippen LogP contribution in [0.2, 0.25) is 18.1 Å². The van der Waals surface area contributed by atoms with Crippen LogP contribution in [-0.2, 0) is 4.74 Å². The van der Waals surface area contributed by atoms with E-state index in [1.807, 2.05) is 12.1 Å². The number of pyridine rings is 2. The van der Waals surface area contributed by atoms with E-state index in [2.05, 4.69) is 120 Å². The van der Waals surface area contributed by atoms with Crippen molar-refractivity contribution in [2.45, 2.75) is 127 Å². The number of rotatable bonds is 8. The number of carbonyl (C=O) groups is 2. The summed E-state index contributed by atoms with van der Waals surface area (Å²) in [6, 6.07) is 28.0. The minimum absolute atomic E-state index is 0. The van der Waals surface area contributed by atoms with Gasteiger partial charge in [0, 0.05) is 25.3 Å². The van der Waals surface area contributed by atoms with Gasteiger partial charge in [-0.05, 0) is 130 Å². The summed E-state index contributed by atoms with van der Waals surface area (Å²) < 4.78 is 11.2. The number of halogens is 1. The summed E-state index contributed by atoms with van der Waals surface area (Å²) in [5, 5.41) is 20.9. The lowest BCUT2D eigenvalue weighted by atomic mass is 9.82. The van der Waals surface area contributed by atoms with Gasteiger partial charge in [0.25, 0.3) is 8.32 Å². The van der Waals surface area contributed by atoms with Gasteiger partial charge in [0.05, 0.1) is 12.4 Å². The molecule has 2 saturated carbocycles. The van der Waals surface area contributed by atoms with Crippen LogP contribution in [0.1, 0.15) is 108 Å². The molecular weight excluding hydrogens is 780 g/mol. The van der Waals surface area contributed by atoms with E-state index >= 15 is 0 Å². The fraction of sp³-hybridized carbons (Fsp3) is 0.478. The molecule has 0 atom stereocenters. The van der Waals surface area contributed by atoms with Crippen LogP contribution in [0.4, 0.5) is 21.2 Å². The van der Waals surface area contributed by atoms with Crippen LogP contribution in [-0.4, -0.2) is 60.8 Å². The number of nitrogens with one attached hydrogen (secondary N) is 4. The van der Waals surface area contributed by atoms with Gasteiger partial charge in [-0.25, -0.2) is 19.6 Å². The van der Waals surface area contributed by atoms with Crippen molar-refractivity contribution < 1.29 is 23.9 Å². The molecule has 4 amide bonds. The molecular formula is C46H65ClN6O5Si. The molecule has 0 unspecified atom stereocenters. The first kappa shape index (κ1) is 47.0. The third-order valence-corrected chi connectivity index (χ3v) is 16.0. The lowest BCUT2D eigenvalue weighted by Crippen LogP contribution is -2.43. The van der Waals surface area contributed by atoms with Crippen LogP contribution >= 0.6 is 12.4 Å². The van der Waals surface area contributed by atoms with Crippen molar-refractivity contribution in [2.75, 3.05) is 23.8 Å². The first-order valence-electron chi connectivity index (χ1n) is 21.0. The van der Waals surface area contributed by atoms with Gasteiger partial charge in [-0.2, -0.15) is 0 Å². The number of amides is 4. The van der Waals surface area contributed by atoms with Crippen LogP contribution in [0, 0.1) is 0 Å². The zero-order valence-corrected chi connectivity index (χ0v) is 37.2. The number of ether oxygens (including phenoxy) is 1. The highest BCUT2D eigenvalue weighted by Crippen LogP contribution is 2.37. The Labute approximate surface area is 358 Å². The molecule has 1 saturated heterocycles. The molecule has 0 radical (unpaired) electrons. The quantitative estimate of drug-likeness (QED) is 0.111. The van der Waals surface area contributed by atoms with Crippen LogP contribution < -0.4 is 25.7 Å². The Morgan fingerprint density at radius 1 is 0.661 bits per heavy atom. The van der Waals surface area contributed by atoms with E-state index in [4.69, 9.17) is 9.16 Å². The van der Waals surface area contributed by atoms with E-state index in [-0.39, 0.29) is 47.3 Å². The first-order chi connectivity index (χ1) is 27.8. The van der Waals surface area contributed by atoms with Crippen molar-refractivity contribution in [3.05, 3.63) is 108 Å². The Kier molecular flexibility index (Phi) is 18.5. The largest absolute Gasteiger partial charge is 0.542 e. The molecule has 1 aliphatic heterocycles. The number of carbonyl (C=O) groups excluding carboxylic acids is 2. The van der Waals surface area contributed by atoms with E-state index in [0.717, 1.165) is 70.3 Å². The van der Waals surface area contributed by atoms with Gasteiger partial charge in [-0.1, -0.05) is 81.4 Å². The second-order valence-corrected chi connectivity index (χ2v) is 21.8. The van der Waals surface area contributed by atoms with Crippen LogP contribution in [0.5, 0.6) is 11.5 Å². The van der Waals surface area contributed by atoms with Crippen molar-refractivity contribution in [1.82, 2.24) is 20.6 Å². The van der Waals surface area contributed by atoms with Crippen molar-refractivity contribution in [1.29, 1.82) is 0 Å². The minimum atomic E-state index is -1.89. The molecule has 0 spiro atoms. The number of urea groups is 2. The monoisotopic (exact) mass is 844 g/mol. The van der Waals surface area contributed by atoms with Gasteiger partial charge in [-0.3, -0.25) is 10.6 Å². The van der Waals surface area contributed by atoms with Gasteiger partial charge in [-0.15, -0.1) is 12.4 Å². The number of hydrogen-bond donors (Lipinski definition) is 5. The zero-order chi connectivity index (χ0) is 41.4. The summed E-state index contributed by atoms with van der Waals surface area (Å²) in [5.74, 6) is 2.99. The lowest BCUT2D eigenvalue weighted by molar-refractivity contribution is 0.198. The summed E-state index contributed by atoms with van der Waals surface area (Å²) >= 11 is 0. The Morgan fingerprint density at radius 3 is 1.46 bits per heavy atom. The average Bonchev–Trinajstić information content (AvgIpc) is 3.82. The van der Waals surface area contributed by atoms with Crippen molar-refractivity contribution >= 4 is 44.4 Å². The zero-order valence-electron chi connectivity index (χ0n) is 35.4. The van der Waals surface area contributed by atoms with Gasteiger partial charge in [0.1, 0.15) is 23.1 Å². The highest BCUT2D eigenvalue weighted by Gasteiger charge is 2.39. The van der Waals surface area contributed by atoms with Gasteiger partial charge in [0.15, 0.2) is 0 Å². The van der Waals surface area contributed by atoms with Crippen LogP contribution in [0.3, 0.4) is 0 Å². The normalized spacial score (nSPS) is 20.2. The van der Waals surface area contributed by atoms with Gasteiger partial charge in [0.2, 0.25) is 0 Å². The number of aromatic nitrogens is 2. The second-order valence-electron chi connectivity index (χ2n) is 17.1.